The molecule has 0 aliphatic rings. The Hall–Kier alpha value is -8.32. The van der Waals surface area contributed by atoms with Crippen LogP contribution in [0.1, 0.15) is 5.56 Å². The molecule has 0 saturated carbocycles. The zero-order chi connectivity index (χ0) is 40.4. The van der Waals surface area contributed by atoms with Gasteiger partial charge in [0.15, 0.2) is 0 Å². The normalized spacial score (nSPS) is 11.6. The average molecular weight is 774 g/mol. The zero-order valence-electron chi connectivity index (χ0n) is 33.0. The van der Waals surface area contributed by atoms with Crippen molar-refractivity contribution < 1.29 is 0 Å². The molecule has 12 rings (SSSR count). The fourth-order valence-corrected chi connectivity index (χ4v) is 9.67. The summed E-state index contributed by atoms with van der Waals surface area (Å²) in [6, 6.07) is 76.1. The number of nitriles is 1. The van der Waals surface area contributed by atoms with Gasteiger partial charge in [-0.3, -0.25) is 4.98 Å². The molecule has 282 valence electrons. The van der Waals surface area contributed by atoms with Gasteiger partial charge in [0.2, 0.25) is 0 Å². The highest BCUT2D eigenvalue weighted by molar-refractivity contribution is 6.25. The van der Waals surface area contributed by atoms with Gasteiger partial charge < -0.3 is 4.57 Å². The minimum atomic E-state index is 0.646. The molecule has 0 aliphatic heterocycles. The number of nitrogens with zero attached hydrogens (tertiary/aromatic N) is 3. The van der Waals surface area contributed by atoms with E-state index < -0.39 is 0 Å². The van der Waals surface area contributed by atoms with Crippen LogP contribution in [0.15, 0.2) is 212 Å². The number of rotatable bonds is 5. The molecular formula is C58H35N3. The first kappa shape index (κ1) is 34.7. The van der Waals surface area contributed by atoms with E-state index >= 15 is 0 Å². The first-order valence-corrected chi connectivity index (χ1v) is 20.7. The van der Waals surface area contributed by atoms with Crippen LogP contribution in [0.2, 0.25) is 0 Å². The van der Waals surface area contributed by atoms with Gasteiger partial charge in [-0.15, -0.1) is 0 Å². The van der Waals surface area contributed by atoms with E-state index in [1.54, 1.807) is 0 Å². The molecule has 3 heteroatoms. The summed E-state index contributed by atoms with van der Waals surface area (Å²) in [6.07, 6.45) is 1.99. The Balaban J connectivity index is 1.05. The predicted molar refractivity (Wildman–Crippen MR) is 255 cm³/mol. The molecule has 0 N–H and O–H groups in total. The summed E-state index contributed by atoms with van der Waals surface area (Å²) in [4.78, 5) is 5.14. The molecule has 0 radical (unpaired) electrons. The number of para-hydroxylation sites is 1. The monoisotopic (exact) mass is 773 g/mol. The molecule has 0 fully saturated rings. The van der Waals surface area contributed by atoms with E-state index in [2.05, 4.69) is 199 Å². The van der Waals surface area contributed by atoms with E-state index in [1.807, 2.05) is 24.4 Å². The maximum atomic E-state index is 9.80. The van der Waals surface area contributed by atoms with E-state index in [0.717, 1.165) is 49.9 Å². The SMILES string of the molecule is N#Cc1ccc2c(c1)c1cc(-c3ccc(-c4ccc5c(-c6cccc7ccccc67)c6ccccc6c(-c6cccc7ccccc67)c5c4)nc3)ccc1n2-c1ccccc1. The van der Waals surface area contributed by atoms with Gasteiger partial charge in [-0.2, -0.15) is 5.26 Å². The van der Waals surface area contributed by atoms with Crippen molar-refractivity contribution in [3.63, 3.8) is 0 Å². The van der Waals surface area contributed by atoms with Crippen molar-refractivity contribution in [1.82, 2.24) is 9.55 Å². The van der Waals surface area contributed by atoms with E-state index in [4.69, 9.17) is 4.98 Å². The summed E-state index contributed by atoms with van der Waals surface area (Å²) >= 11 is 0. The van der Waals surface area contributed by atoms with Gasteiger partial charge in [-0.1, -0.05) is 152 Å². The second-order valence-electron chi connectivity index (χ2n) is 15.8. The van der Waals surface area contributed by atoms with Gasteiger partial charge in [-0.25, -0.2) is 0 Å². The topological polar surface area (TPSA) is 41.6 Å². The summed E-state index contributed by atoms with van der Waals surface area (Å²) in [5.41, 5.74) is 12.9. The maximum Gasteiger partial charge on any atom is 0.0991 e. The number of hydrogen-bond donors (Lipinski definition) is 0. The molecule has 0 aliphatic carbocycles. The molecule has 61 heavy (non-hydrogen) atoms. The summed E-state index contributed by atoms with van der Waals surface area (Å²) in [5.74, 6) is 0. The number of fused-ring (bicyclic) bond motifs is 7. The maximum absolute atomic E-state index is 9.80. The van der Waals surface area contributed by atoms with Crippen molar-refractivity contribution in [2.45, 2.75) is 0 Å². The van der Waals surface area contributed by atoms with Crippen LogP contribution in [0.25, 0.3) is 115 Å². The van der Waals surface area contributed by atoms with Crippen LogP contribution in [-0.4, -0.2) is 9.55 Å². The van der Waals surface area contributed by atoms with E-state index in [1.165, 1.54) is 65.3 Å². The van der Waals surface area contributed by atoms with Crippen LogP contribution >= 0.6 is 0 Å². The van der Waals surface area contributed by atoms with Crippen LogP contribution < -0.4 is 0 Å². The van der Waals surface area contributed by atoms with E-state index in [9.17, 15) is 5.26 Å². The van der Waals surface area contributed by atoms with Crippen LogP contribution in [0.4, 0.5) is 0 Å². The molecule has 0 amide bonds. The second kappa shape index (κ2) is 13.9. The lowest BCUT2D eigenvalue weighted by atomic mass is 9.83. The first-order valence-electron chi connectivity index (χ1n) is 20.7. The third-order valence-corrected chi connectivity index (χ3v) is 12.4. The highest BCUT2D eigenvalue weighted by Crippen LogP contribution is 2.47. The Labute approximate surface area is 352 Å². The summed E-state index contributed by atoms with van der Waals surface area (Å²) in [6.45, 7) is 0. The third-order valence-electron chi connectivity index (χ3n) is 12.4. The number of aromatic nitrogens is 2. The Morgan fingerprint density at radius 3 is 1.56 bits per heavy atom. The van der Waals surface area contributed by atoms with Gasteiger partial charge in [0.1, 0.15) is 0 Å². The van der Waals surface area contributed by atoms with Crippen molar-refractivity contribution in [3.05, 3.63) is 218 Å². The Morgan fingerprint density at radius 1 is 0.377 bits per heavy atom. The minimum Gasteiger partial charge on any atom is -0.309 e. The standard InChI is InChI=1S/C58H35N3/c59-35-37-24-30-55-51(32-37)52-33-40(27-31-56(52)61(55)43-16-2-1-3-17-43)42-26-29-54(60-36-42)41-25-28-50-53(34-41)58(47-23-11-15-39-13-5-7-19-45(39)47)49-21-9-8-20-48(49)57(50)46-22-10-14-38-12-4-6-18-44(38)46/h1-34,36H. The molecule has 3 nitrogen and oxygen atoms in total. The second-order valence-corrected chi connectivity index (χ2v) is 15.8. The van der Waals surface area contributed by atoms with Gasteiger partial charge in [-0.05, 0) is 126 Å². The first-order chi connectivity index (χ1) is 30.2. The molecular weight excluding hydrogens is 739 g/mol. The molecule has 0 atom stereocenters. The highest BCUT2D eigenvalue weighted by atomic mass is 15.0. The zero-order valence-corrected chi connectivity index (χ0v) is 33.0. The fraction of sp³-hybridized carbons (Fsp3) is 0. The molecule has 2 heterocycles. The van der Waals surface area contributed by atoms with E-state index in [-0.39, 0.29) is 0 Å². The molecule has 0 unspecified atom stereocenters. The van der Waals surface area contributed by atoms with Crippen LogP contribution in [0, 0.1) is 11.3 Å². The lowest BCUT2D eigenvalue weighted by Gasteiger charge is -2.20. The molecule has 2 aromatic heterocycles. The quantitative estimate of drug-likeness (QED) is 0.163. The molecule has 10 aromatic carbocycles. The van der Waals surface area contributed by atoms with Crippen molar-refractivity contribution in [1.29, 1.82) is 5.26 Å². The van der Waals surface area contributed by atoms with Gasteiger partial charge >= 0.3 is 0 Å². The Kier molecular flexibility index (Phi) is 7.91. The van der Waals surface area contributed by atoms with Gasteiger partial charge in [0.05, 0.1) is 28.4 Å². The predicted octanol–water partition coefficient (Wildman–Crippen LogP) is 15.3. The van der Waals surface area contributed by atoms with Crippen LogP contribution in [0.5, 0.6) is 0 Å². The summed E-state index contributed by atoms with van der Waals surface area (Å²) < 4.78 is 2.28. The van der Waals surface area contributed by atoms with Gasteiger partial charge in [0, 0.05) is 33.8 Å². The highest BCUT2D eigenvalue weighted by Gasteiger charge is 2.20. The van der Waals surface area contributed by atoms with Crippen LogP contribution in [-0.2, 0) is 0 Å². The minimum absolute atomic E-state index is 0.646. The number of hydrogen-bond acceptors (Lipinski definition) is 2. The van der Waals surface area contributed by atoms with Crippen molar-refractivity contribution in [2.75, 3.05) is 0 Å². The van der Waals surface area contributed by atoms with Crippen molar-refractivity contribution >= 4 is 64.9 Å². The molecule has 0 spiro atoms. The molecule has 0 bridgehead atoms. The Bertz CT molecular complexity index is 3750. The largest absolute Gasteiger partial charge is 0.309 e. The third kappa shape index (κ3) is 5.54. The van der Waals surface area contributed by atoms with Crippen LogP contribution in [0.3, 0.4) is 0 Å². The molecule has 0 saturated heterocycles. The summed E-state index contributed by atoms with van der Waals surface area (Å²) in [7, 11) is 0. The van der Waals surface area contributed by atoms with Crippen molar-refractivity contribution in [3.8, 4) is 56.4 Å². The summed E-state index contributed by atoms with van der Waals surface area (Å²) in [5, 5.41) is 21.7. The number of pyridine rings is 1. The van der Waals surface area contributed by atoms with Gasteiger partial charge in [0.25, 0.3) is 0 Å². The van der Waals surface area contributed by atoms with Crippen molar-refractivity contribution in [2.24, 2.45) is 0 Å². The number of benzene rings is 10. The van der Waals surface area contributed by atoms with E-state index in [0.29, 0.717) is 5.56 Å². The fourth-order valence-electron chi connectivity index (χ4n) is 9.67. The smallest absolute Gasteiger partial charge is 0.0991 e. The average Bonchev–Trinajstić information content (AvgIpc) is 3.66. The Morgan fingerprint density at radius 2 is 0.902 bits per heavy atom. The lowest BCUT2D eigenvalue weighted by molar-refractivity contribution is 1.18. The lowest BCUT2D eigenvalue weighted by Crippen LogP contribution is -1.94. The molecule has 12 aromatic rings.